The number of fused-ring (bicyclic) bond motifs is 1. The van der Waals surface area contributed by atoms with Gasteiger partial charge in [-0.2, -0.15) is 4.98 Å². The van der Waals surface area contributed by atoms with Crippen molar-refractivity contribution in [3.63, 3.8) is 0 Å². The third-order valence-electron chi connectivity index (χ3n) is 6.75. The maximum absolute atomic E-state index is 13.4. The van der Waals surface area contributed by atoms with E-state index in [1.165, 1.54) is 0 Å². The van der Waals surface area contributed by atoms with E-state index in [0.29, 0.717) is 5.95 Å². The minimum absolute atomic E-state index is 0.0740. The van der Waals surface area contributed by atoms with Gasteiger partial charge in [-0.25, -0.2) is 4.98 Å². The second kappa shape index (κ2) is 11.6. The van der Waals surface area contributed by atoms with E-state index in [-0.39, 0.29) is 23.2 Å². The second-order valence-corrected chi connectivity index (χ2v) is 10.9. The Morgan fingerprint density at radius 3 is 2.16 bits per heavy atom. The van der Waals surface area contributed by atoms with E-state index in [9.17, 15) is 4.79 Å². The summed E-state index contributed by atoms with van der Waals surface area (Å²) in [5.41, 5.74) is 1.96. The Morgan fingerprint density at radius 1 is 0.838 bits per heavy atom. The van der Waals surface area contributed by atoms with Gasteiger partial charge in [0.05, 0.1) is 5.52 Å². The van der Waals surface area contributed by atoms with E-state index < -0.39 is 0 Å². The fourth-order valence-electron chi connectivity index (χ4n) is 4.84. The topological polar surface area (TPSA) is 70.2 Å². The van der Waals surface area contributed by atoms with Crippen LogP contribution in [0.5, 0.6) is 0 Å². The van der Waals surface area contributed by atoms with Crippen LogP contribution in [0.15, 0.2) is 89.8 Å². The zero-order chi connectivity index (χ0) is 25.6. The Kier molecular flexibility index (Phi) is 7.90. The fourth-order valence-corrected chi connectivity index (χ4v) is 5.90. The summed E-state index contributed by atoms with van der Waals surface area (Å²) in [5, 5.41) is 7.67. The highest BCUT2D eigenvalue weighted by atomic mass is 32.2. The van der Waals surface area contributed by atoms with Gasteiger partial charge in [-0.3, -0.25) is 4.79 Å². The van der Waals surface area contributed by atoms with Gasteiger partial charge >= 0.3 is 0 Å². The molecule has 1 heterocycles. The number of hydrogen-bond acceptors (Lipinski definition) is 6. The average Bonchev–Trinajstić information content (AvgIpc) is 2.93. The van der Waals surface area contributed by atoms with E-state index >= 15 is 0 Å². The number of aromatic nitrogens is 2. The molecule has 2 N–H and O–H groups in total. The van der Waals surface area contributed by atoms with Crippen LogP contribution in [0.1, 0.15) is 36.5 Å². The summed E-state index contributed by atoms with van der Waals surface area (Å²) in [4.78, 5) is 26.1. The highest BCUT2D eigenvalue weighted by Gasteiger charge is 2.28. The normalized spacial score (nSPS) is 18.2. The first-order valence-electron chi connectivity index (χ1n) is 12.8. The Hall–Kier alpha value is -3.58. The minimum atomic E-state index is -0.282. The molecule has 0 spiro atoms. The highest BCUT2D eigenvalue weighted by Crippen LogP contribution is 2.36. The number of hydrogen-bond donors (Lipinski definition) is 2. The Bertz CT molecular complexity index is 1320. The molecule has 0 radical (unpaired) electrons. The van der Waals surface area contributed by atoms with Crippen molar-refractivity contribution in [1.82, 2.24) is 15.3 Å². The van der Waals surface area contributed by atoms with Crippen LogP contribution in [0, 0.1) is 0 Å². The smallest absolute Gasteiger partial charge is 0.238 e. The number of carbonyl (C=O) groups excluding carboxylic acids is 1. The molecule has 0 saturated heterocycles. The van der Waals surface area contributed by atoms with Gasteiger partial charge in [0.25, 0.3) is 0 Å². The van der Waals surface area contributed by atoms with Crippen LogP contribution in [0.4, 0.5) is 11.8 Å². The molecule has 1 amide bonds. The third-order valence-corrected chi connectivity index (χ3v) is 8.02. The van der Waals surface area contributed by atoms with Gasteiger partial charge in [0.15, 0.2) is 0 Å². The number of rotatable bonds is 8. The van der Waals surface area contributed by atoms with Crippen molar-refractivity contribution in [3.8, 4) is 0 Å². The van der Waals surface area contributed by atoms with Crippen LogP contribution in [0.25, 0.3) is 10.9 Å². The SMILES string of the molecule is CN(C)c1nc(N[C@H]2CC[C@@H](NC(=O)C(Sc3ccccc3)c3ccccc3)CC2)nc2ccccc12. The van der Waals surface area contributed by atoms with Crippen LogP contribution in [0.2, 0.25) is 0 Å². The number of anilines is 2. The molecule has 4 aromatic rings. The standard InChI is InChI=1S/C30H33N5OS/c1-35(2)28-25-15-9-10-16-26(25)33-30(34-28)32-23-19-17-22(18-20-23)31-29(36)27(21-11-5-3-6-12-21)37-24-13-7-4-8-14-24/h3-16,22-23,27H,17-20H2,1-2H3,(H,31,36)(H,32,33,34)/t22-,23+,27?. The van der Waals surface area contributed by atoms with Crippen LogP contribution in [-0.4, -0.2) is 42.1 Å². The number of nitrogens with zero attached hydrogens (tertiary/aromatic N) is 3. The zero-order valence-corrected chi connectivity index (χ0v) is 22.1. The molecule has 1 aliphatic carbocycles. The summed E-state index contributed by atoms with van der Waals surface area (Å²) >= 11 is 1.60. The quantitative estimate of drug-likeness (QED) is 0.280. The monoisotopic (exact) mass is 511 g/mol. The predicted molar refractivity (Wildman–Crippen MR) is 153 cm³/mol. The molecule has 190 valence electrons. The molecule has 5 rings (SSSR count). The lowest BCUT2D eigenvalue weighted by Gasteiger charge is -2.31. The Morgan fingerprint density at radius 2 is 1.46 bits per heavy atom. The van der Waals surface area contributed by atoms with Crippen molar-refractivity contribution in [2.45, 2.75) is 47.9 Å². The molecule has 37 heavy (non-hydrogen) atoms. The van der Waals surface area contributed by atoms with Gasteiger partial charge in [0.1, 0.15) is 11.1 Å². The van der Waals surface area contributed by atoms with E-state index in [1.807, 2.05) is 85.7 Å². The molecule has 7 heteroatoms. The maximum Gasteiger partial charge on any atom is 0.238 e. The van der Waals surface area contributed by atoms with Crippen molar-refractivity contribution >= 4 is 40.3 Å². The summed E-state index contributed by atoms with van der Waals surface area (Å²) < 4.78 is 0. The molecule has 1 aliphatic rings. The van der Waals surface area contributed by atoms with E-state index in [0.717, 1.165) is 52.9 Å². The van der Waals surface area contributed by atoms with Crippen LogP contribution in [-0.2, 0) is 4.79 Å². The van der Waals surface area contributed by atoms with E-state index in [1.54, 1.807) is 11.8 Å². The van der Waals surface area contributed by atoms with Gasteiger partial charge in [0.2, 0.25) is 11.9 Å². The predicted octanol–water partition coefficient (Wildman–Crippen LogP) is 6.07. The van der Waals surface area contributed by atoms with Gasteiger partial charge in [-0.05, 0) is 55.5 Å². The maximum atomic E-state index is 13.4. The third kappa shape index (κ3) is 6.23. The van der Waals surface area contributed by atoms with Crippen molar-refractivity contribution in [3.05, 3.63) is 90.5 Å². The van der Waals surface area contributed by atoms with Gasteiger partial charge in [-0.15, -0.1) is 11.8 Å². The van der Waals surface area contributed by atoms with Crippen molar-refractivity contribution in [2.75, 3.05) is 24.3 Å². The number of para-hydroxylation sites is 1. The molecule has 0 aliphatic heterocycles. The fraction of sp³-hybridized carbons (Fsp3) is 0.300. The number of thioether (sulfide) groups is 1. The second-order valence-electron chi connectivity index (χ2n) is 9.71. The molecule has 1 atom stereocenters. The summed E-state index contributed by atoms with van der Waals surface area (Å²) in [7, 11) is 4.01. The molecule has 0 bridgehead atoms. The molecule has 6 nitrogen and oxygen atoms in total. The molecule has 1 aromatic heterocycles. The van der Waals surface area contributed by atoms with E-state index in [2.05, 4.69) is 28.8 Å². The lowest BCUT2D eigenvalue weighted by atomic mass is 9.91. The first-order chi connectivity index (χ1) is 18.1. The Balaban J connectivity index is 1.21. The molecule has 3 aromatic carbocycles. The van der Waals surface area contributed by atoms with E-state index in [4.69, 9.17) is 9.97 Å². The first kappa shape index (κ1) is 25.1. The van der Waals surface area contributed by atoms with Crippen molar-refractivity contribution < 1.29 is 4.79 Å². The summed E-state index contributed by atoms with van der Waals surface area (Å²) in [6.45, 7) is 0. The molecular formula is C30H33N5OS. The van der Waals surface area contributed by atoms with Crippen LogP contribution in [0.3, 0.4) is 0 Å². The first-order valence-corrected chi connectivity index (χ1v) is 13.7. The number of nitrogens with one attached hydrogen (secondary N) is 2. The van der Waals surface area contributed by atoms with Gasteiger partial charge in [0, 0.05) is 36.5 Å². The minimum Gasteiger partial charge on any atom is -0.362 e. The Labute approximate surface area is 222 Å². The molecular weight excluding hydrogens is 478 g/mol. The number of carbonyl (C=O) groups is 1. The molecule has 1 unspecified atom stereocenters. The summed E-state index contributed by atoms with van der Waals surface area (Å²) in [6.07, 6.45) is 3.77. The lowest BCUT2D eigenvalue weighted by Crippen LogP contribution is -2.41. The number of benzene rings is 3. The highest BCUT2D eigenvalue weighted by molar-refractivity contribution is 8.00. The van der Waals surface area contributed by atoms with Crippen LogP contribution < -0.4 is 15.5 Å². The summed E-state index contributed by atoms with van der Waals surface area (Å²) in [6, 6.07) is 28.7. The zero-order valence-electron chi connectivity index (χ0n) is 21.3. The average molecular weight is 512 g/mol. The molecule has 1 saturated carbocycles. The lowest BCUT2D eigenvalue weighted by molar-refractivity contribution is -0.121. The van der Waals surface area contributed by atoms with Crippen LogP contribution >= 0.6 is 11.8 Å². The van der Waals surface area contributed by atoms with Gasteiger partial charge < -0.3 is 15.5 Å². The number of amides is 1. The largest absolute Gasteiger partial charge is 0.362 e. The van der Waals surface area contributed by atoms with Crippen molar-refractivity contribution in [2.24, 2.45) is 0 Å². The van der Waals surface area contributed by atoms with Crippen molar-refractivity contribution in [1.29, 1.82) is 0 Å². The van der Waals surface area contributed by atoms with Gasteiger partial charge in [-0.1, -0.05) is 60.7 Å². The summed E-state index contributed by atoms with van der Waals surface area (Å²) in [5.74, 6) is 1.65. The molecule has 1 fully saturated rings.